The fourth-order valence-electron chi connectivity index (χ4n) is 3.02. The third-order valence-electron chi connectivity index (χ3n) is 4.40. The molecule has 140 valence electrons. The third kappa shape index (κ3) is 3.37. The topological polar surface area (TPSA) is 74.0 Å². The lowest BCUT2D eigenvalue weighted by molar-refractivity contribution is 0.579. The van der Waals surface area contributed by atoms with Crippen molar-refractivity contribution >= 4 is 6.21 Å². The summed E-state index contributed by atoms with van der Waals surface area (Å²) in [5.41, 5.74) is 3.41. The average molecular weight is 380 g/mol. The van der Waals surface area contributed by atoms with Crippen molar-refractivity contribution in [3.63, 3.8) is 0 Å². The van der Waals surface area contributed by atoms with Gasteiger partial charge in [-0.3, -0.25) is 0 Å². The zero-order chi connectivity index (χ0) is 19.5. The van der Waals surface area contributed by atoms with Gasteiger partial charge in [0.05, 0.1) is 18.2 Å². The molecule has 29 heavy (non-hydrogen) atoms. The molecule has 7 nitrogen and oxygen atoms in total. The van der Waals surface area contributed by atoms with E-state index in [9.17, 15) is 0 Å². The van der Waals surface area contributed by atoms with Crippen LogP contribution in [0, 0.1) is 0 Å². The van der Waals surface area contributed by atoms with Crippen LogP contribution in [0.1, 0.15) is 5.56 Å². The SMILES string of the molecule is C(=N/n1cnnc1-c1ccccc1)/c1cn(-c2ccccc2)nc1-c1ccco1. The quantitative estimate of drug-likeness (QED) is 0.427. The van der Waals surface area contributed by atoms with Crippen molar-refractivity contribution in [1.82, 2.24) is 24.7 Å². The van der Waals surface area contributed by atoms with Crippen molar-refractivity contribution in [2.75, 3.05) is 0 Å². The first-order valence-corrected chi connectivity index (χ1v) is 9.07. The van der Waals surface area contributed by atoms with Crippen LogP contribution in [0.3, 0.4) is 0 Å². The summed E-state index contributed by atoms with van der Waals surface area (Å²) in [6.07, 6.45) is 6.86. The molecule has 0 saturated carbocycles. The number of aromatic nitrogens is 5. The van der Waals surface area contributed by atoms with E-state index in [0.29, 0.717) is 17.3 Å². The molecule has 0 N–H and O–H groups in total. The van der Waals surface area contributed by atoms with Crippen LogP contribution in [0.5, 0.6) is 0 Å². The molecule has 5 rings (SSSR count). The molecule has 0 fully saturated rings. The van der Waals surface area contributed by atoms with Gasteiger partial charge in [0.15, 0.2) is 11.6 Å². The number of para-hydroxylation sites is 1. The smallest absolute Gasteiger partial charge is 0.184 e. The molecule has 3 aromatic heterocycles. The second kappa shape index (κ2) is 7.40. The van der Waals surface area contributed by atoms with Gasteiger partial charge in [0.1, 0.15) is 12.0 Å². The maximum absolute atomic E-state index is 5.57. The fraction of sp³-hybridized carbons (Fsp3) is 0. The summed E-state index contributed by atoms with van der Waals surface area (Å²) in [6.45, 7) is 0. The molecule has 0 aliphatic rings. The molecular weight excluding hydrogens is 364 g/mol. The van der Waals surface area contributed by atoms with Crippen LogP contribution in [0.4, 0.5) is 0 Å². The van der Waals surface area contributed by atoms with E-state index in [1.54, 1.807) is 23.5 Å². The standard InChI is InChI=1S/C22H16N6O/c1-3-8-17(9-4-1)22-25-23-16-28(22)24-14-18-15-27(19-10-5-2-6-11-19)26-21(18)20-12-7-13-29-20/h1-16H/b24-14-. The zero-order valence-corrected chi connectivity index (χ0v) is 15.3. The zero-order valence-electron chi connectivity index (χ0n) is 15.3. The minimum absolute atomic E-state index is 0.664. The van der Waals surface area contributed by atoms with Crippen molar-refractivity contribution < 1.29 is 4.42 Å². The summed E-state index contributed by atoms with van der Waals surface area (Å²) >= 11 is 0. The van der Waals surface area contributed by atoms with Crippen LogP contribution in [-0.4, -0.2) is 30.9 Å². The van der Waals surface area contributed by atoms with E-state index < -0.39 is 0 Å². The van der Waals surface area contributed by atoms with Crippen LogP contribution in [0.25, 0.3) is 28.5 Å². The molecule has 5 aromatic rings. The molecular formula is C22H16N6O. The highest BCUT2D eigenvalue weighted by Gasteiger charge is 2.14. The molecule has 0 spiro atoms. The highest BCUT2D eigenvalue weighted by molar-refractivity contribution is 5.87. The Kier molecular flexibility index (Phi) is 4.31. The van der Waals surface area contributed by atoms with Crippen LogP contribution >= 0.6 is 0 Å². The third-order valence-corrected chi connectivity index (χ3v) is 4.40. The average Bonchev–Trinajstić information content (AvgIpc) is 3.54. The van der Waals surface area contributed by atoms with E-state index in [1.165, 1.54) is 0 Å². The van der Waals surface area contributed by atoms with E-state index in [0.717, 1.165) is 16.8 Å². The Bertz CT molecular complexity index is 1240. The Morgan fingerprint density at radius 1 is 0.897 bits per heavy atom. The molecule has 0 aliphatic carbocycles. The molecule has 0 radical (unpaired) electrons. The van der Waals surface area contributed by atoms with Gasteiger partial charge in [-0.05, 0) is 24.3 Å². The predicted octanol–water partition coefficient (Wildman–Crippen LogP) is 4.27. The second-order valence-electron chi connectivity index (χ2n) is 6.30. The number of hydrogen-bond donors (Lipinski definition) is 0. The van der Waals surface area contributed by atoms with E-state index >= 15 is 0 Å². The van der Waals surface area contributed by atoms with Crippen LogP contribution < -0.4 is 0 Å². The summed E-state index contributed by atoms with van der Waals surface area (Å²) in [5, 5.41) is 17.4. The lowest BCUT2D eigenvalue weighted by Gasteiger charge is -2.00. The monoisotopic (exact) mass is 380 g/mol. The van der Waals surface area contributed by atoms with Crippen molar-refractivity contribution in [3.05, 3.63) is 97.1 Å². The van der Waals surface area contributed by atoms with Gasteiger partial charge in [0, 0.05) is 17.3 Å². The molecule has 7 heteroatoms. The Balaban J connectivity index is 1.55. The summed E-state index contributed by atoms with van der Waals surface area (Å²) in [6, 6.07) is 23.4. The van der Waals surface area contributed by atoms with E-state index in [1.807, 2.05) is 83.7 Å². The summed E-state index contributed by atoms with van der Waals surface area (Å²) < 4.78 is 9.02. The molecule has 0 bridgehead atoms. The van der Waals surface area contributed by atoms with Crippen molar-refractivity contribution in [2.45, 2.75) is 0 Å². The number of furan rings is 1. The number of hydrogen-bond acceptors (Lipinski definition) is 5. The highest BCUT2D eigenvalue weighted by Crippen LogP contribution is 2.23. The molecule has 0 atom stereocenters. The number of rotatable bonds is 5. The Morgan fingerprint density at radius 3 is 2.45 bits per heavy atom. The van der Waals surface area contributed by atoms with Gasteiger partial charge in [-0.25, -0.2) is 4.68 Å². The summed E-state index contributed by atoms with van der Waals surface area (Å²) in [5.74, 6) is 1.34. The number of benzene rings is 2. The minimum Gasteiger partial charge on any atom is -0.463 e. The van der Waals surface area contributed by atoms with Gasteiger partial charge >= 0.3 is 0 Å². The number of nitrogens with zero attached hydrogens (tertiary/aromatic N) is 6. The van der Waals surface area contributed by atoms with E-state index in [2.05, 4.69) is 15.3 Å². The maximum Gasteiger partial charge on any atom is 0.184 e. The minimum atomic E-state index is 0.664. The van der Waals surface area contributed by atoms with Gasteiger partial charge in [-0.2, -0.15) is 14.9 Å². The molecule has 2 aromatic carbocycles. The van der Waals surface area contributed by atoms with Gasteiger partial charge in [-0.15, -0.1) is 10.2 Å². The highest BCUT2D eigenvalue weighted by atomic mass is 16.3. The van der Waals surface area contributed by atoms with E-state index in [4.69, 9.17) is 9.52 Å². The lowest BCUT2D eigenvalue weighted by atomic mass is 10.2. The van der Waals surface area contributed by atoms with Gasteiger partial charge < -0.3 is 4.42 Å². The Hall–Kier alpha value is -4.26. The maximum atomic E-state index is 5.57. The molecule has 0 saturated heterocycles. The second-order valence-corrected chi connectivity index (χ2v) is 6.30. The van der Waals surface area contributed by atoms with Gasteiger partial charge in [0.2, 0.25) is 0 Å². The van der Waals surface area contributed by atoms with Crippen molar-refractivity contribution in [2.24, 2.45) is 5.10 Å². The van der Waals surface area contributed by atoms with Crippen LogP contribution in [0.15, 0.2) is 101 Å². The first-order chi connectivity index (χ1) is 14.4. The first kappa shape index (κ1) is 16.9. The Labute approximate surface area is 166 Å². The predicted molar refractivity (Wildman–Crippen MR) is 110 cm³/mol. The Morgan fingerprint density at radius 2 is 1.69 bits per heavy atom. The van der Waals surface area contributed by atoms with Crippen LogP contribution in [-0.2, 0) is 0 Å². The first-order valence-electron chi connectivity index (χ1n) is 9.07. The molecule has 3 heterocycles. The summed E-state index contributed by atoms with van der Waals surface area (Å²) in [4.78, 5) is 0. The van der Waals surface area contributed by atoms with Crippen molar-refractivity contribution in [1.29, 1.82) is 0 Å². The van der Waals surface area contributed by atoms with Crippen molar-refractivity contribution in [3.8, 4) is 28.5 Å². The van der Waals surface area contributed by atoms with Gasteiger partial charge in [-0.1, -0.05) is 48.5 Å². The van der Waals surface area contributed by atoms with E-state index in [-0.39, 0.29) is 0 Å². The molecule has 0 unspecified atom stereocenters. The normalized spacial score (nSPS) is 11.3. The van der Waals surface area contributed by atoms with Crippen LogP contribution in [0.2, 0.25) is 0 Å². The lowest BCUT2D eigenvalue weighted by Crippen LogP contribution is -1.94. The molecule has 0 amide bonds. The molecule has 0 aliphatic heterocycles. The largest absolute Gasteiger partial charge is 0.463 e. The fourth-order valence-corrected chi connectivity index (χ4v) is 3.02. The summed E-state index contributed by atoms with van der Waals surface area (Å²) in [7, 11) is 0. The van der Waals surface area contributed by atoms with Gasteiger partial charge in [0.25, 0.3) is 0 Å².